The largest absolute Gasteiger partial charge is 0.452 e. The van der Waals surface area contributed by atoms with Crippen molar-refractivity contribution in [2.45, 2.75) is 24.7 Å². The van der Waals surface area contributed by atoms with Gasteiger partial charge in [-0.25, -0.2) is 13.2 Å². The minimum absolute atomic E-state index is 0.118. The number of aryl methyl sites for hydroxylation is 1. The molecule has 2 heterocycles. The molecule has 0 bridgehead atoms. The predicted molar refractivity (Wildman–Crippen MR) is 120 cm³/mol. The Balaban J connectivity index is 1.42. The molecule has 1 aromatic heterocycles. The average Bonchev–Trinajstić information content (AvgIpc) is 3.33. The Labute approximate surface area is 186 Å². The lowest BCUT2D eigenvalue weighted by Crippen LogP contribution is -2.28. The van der Waals surface area contributed by atoms with Gasteiger partial charge in [0, 0.05) is 29.9 Å². The minimum Gasteiger partial charge on any atom is -0.452 e. The lowest BCUT2D eigenvalue weighted by Gasteiger charge is -2.16. The van der Waals surface area contributed by atoms with Crippen LogP contribution in [0.15, 0.2) is 59.5 Å². The summed E-state index contributed by atoms with van der Waals surface area (Å²) >= 11 is 0. The maximum atomic E-state index is 12.7. The molecule has 4 rings (SSSR count). The molecule has 8 nitrogen and oxygen atoms in total. The van der Waals surface area contributed by atoms with E-state index in [1.807, 2.05) is 6.07 Å². The van der Waals surface area contributed by atoms with Crippen LogP contribution in [0, 0.1) is 6.92 Å². The summed E-state index contributed by atoms with van der Waals surface area (Å²) in [6.45, 7) is 2.27. The molecule has 1 aliphatic rings. The molecular formula is C23H23N3O5S. The van der Waals surface area contributed by atoms with Crippen molar-refractivity contribution in [3.05, 3.63) is 65.9 Å². The molecular weight excluding hydrogens is 430 g/mol. The molecule has 0 saturated carbocycles. The predicted octanol–water partition coefficient (Wildman–Crippen LogP) is 3.12. The Morgan fingerprint density at radius 3 is 2.59 bits per heavy atom. The normalized spacial score (nSPS) is 14.4. The molecule has 3 aromatic rings. The molecule has 0 radical (unpaired) electrons. The van der Waals surface area contributed by atoms with Crippen LogP contribution in [0.3, 0.4) is 0 Å². The van der Waals surface area contributed by atoms with Gasteiger partial charge in [0.1, 0.15) is 0 Å². The van der Waals surface area contributed by atoms with Crippen LogP contribution in [0.5, 0.6) is 0 Å². The highest BCUT2D eigenvalue weighted by molar-refractivity contribution is 7.89. The SMILES string of the molecule is Cc1cc(C(=O)OCC(=O)Nc2cccc(S(=O)(=O)N3CCCC3)c2)c2ccccc2n1. The van der Waals surface area contributed by atoms with Crippen molar-refractivity contribution >= 4 is 38.5 Å². The highest BCUT2D eigenvalue weighted by atomic mass is 32.2. The molecule has 0 spiro atoms. The number of nitrogens with zero attached hydrogens (tertiary/aromatic N) is 2. The van der Waals surface area contributed by atoms with E-state index in [4.69, 9.17) is 4.74 Å². The van der Waals surface area contributed by atoms with E-state index in [1.54, 1.807) is 43.3 Å². The Hall–Kier alpha value is -3.30. The maximum absolute atomic E-state index is 12.7. The molecule has 0 atom stereocenters. The number of rotatable bonds is 6. The third kappa shape index (κ3) is 4.63. The van der Waals surface area contributed by atoms with Gasteiger partial charge >= 0.3 is 5.97 Å². The number of esters is 1. The molecule has 1 amide bonds. The van der Waals surface area contributed by atoms with Crippen LogP contribution in [-0.4, -0.2) is 49.3 Å². The topological polar surface area (TPSA) is 106 Å². The highest BCUT2D eigenvalue weighted by Crippen LogP contribution is 2.23. The smallest absolute Gasteiger partial charge is 0.339 e. The van der Waals surface area contributed by atoms with Crippen molar-refractivity contribution in [1.82, 2.24) is 9.29 Å². The van der Waals surface area contributed by atoms with Gasteiger partial charge in [-0.05, 0) is 50.1 Å². The average molecular weight is 454 g/mol. The number of sulfonamides is 1. The number of fused-ring (bicyclic) bond motifs is 1. The number of pyridine rings is 1. The number of aromatic nitrogens is 1. The lowest BCUT2D eigenvalue weighted by atomic mass is 10.1. The zero-order valence-electron chi connectivity index (χ0n) is 17.6. The van der Waals surface area contributed by atoms with E-state index < -0.39 is 28.5 Å². The van der Waals surface area contributed by atoms with Crippen molar-refractivity contribution < 1.29 is 22.7 Å². The second kappa shape index (κ2) is 9.05. The molecule has 1 aliphatic heterocycles. The molecule has 1 N–H and O–H groups in total. The van der Waals surface area contributed by atoms with Gasteiger partial charge in [0.2, 0.25) is 10.0 Å². The number of para-hydroxylation sites is 1. The summed E-state index contributed by atoms with van der Waals surface area (Å²) in [5, 5.41) is 3.23. The van der Waals surface area contributed by atoms with Gasteiger partial charge in [0.25, 0.3) is 5.91 Å². The number of carbonyl (C=O) groups is 2. The molecule has 0 aliphatic carbocycles. The molecule has 1 saturated heterocycles. The van der Waals surface area contributed by atoms with Crippen molar-refractivity contribution in [2.75, 3.05) is 25.0 Å². The molecule has 2 aromatic carbocycles. The van der Waals surface area contributed by atoms with Gasteiger partial charge in [-0.2, -0.15) is 4.31 Å². The number of hydrogen-bond acceptors (Lipinski definition) is 6. The first kappa shape index (κ1) is 21.9. The Kier molecular flexibility index (Phi) is 6.20. The minimum atomic E-state index is -3.59. The van der Waals surface area contributed by atoms with Crippen LogP contribution < -0.4 is 5.32 Å². The third-order valence-corrected chi connectivity index (χ3v) is 7.11. The fourth-order valence-corrected chi connectivity index (χ4v) is 5.26. The number of amides is 1. The van der Waals surface area contributed by atoms with Crippen LogP contribution in [0.25, 0.3) is 10.9 Å². The van der Waals surface area contributed by atoms with Crippen molar-refractivity contribution in [3.63, 3.8) is 0 Å². The molecule has 0 unspecified atom stereocenters. The number of hydrogen-bond donors (Lipinski definition) is 1. The lowest BCUT2D eigenvalue weighted by molar-refractivity contribution is -0.119. The summed E-state index contributed by atoms with van der Waals surface area (Å²) in [4.78, 5) is 29.4. The number of anilines is 1. The fraction of sp³-hybridized carbons (Fsp3) is 0.261. The van der Waals surface area contributed by atoms with Gasteiger partial charge in [0.05, 0.1) is 16.0 Å². The van der Waals surface area contributed by atoms with Gasteiger partial charge < -0.3 is 10.1 Å². The van der Waals surface area contributed by atoms with Crippen molar-refractivity contribution in [2.24, 2.45) is 0 Å². The summed E-state index contributed by atoms with van der Waals surface area (Å²) in [5.74, 6) is -1.20. The maximum Gasteiger partial charge on any atom is 0.339 e. The Bertz CT molecular complexity index is 1280. The molecule has 1 fully saturated rings. The van der Waals surface area contributed by atoms with Gasteiger partial charge in [-0.1, -0.05) is 24.3 Å². The standard InChI is InChI=1S/C23H23N3O5S/c1-16-13-20(19-9-2-3-10-21(19)24-16)23(28)31-15-22(27)25-17-7-6-8-18(14-17)32(29,30)26-11-4-5-12-26/h2-3,6-10,13-14H,4-5,11-12,15H2,1H3,(H,25,27). The van der Waals surface area contributed by atoms with Crippen molar-refractivity contribution in [3.8, 4) is 0 Å². The van der Waals surface area contributed by atoms with E-state index in [0.717, 1.165) is 12.8 Å². The Morgan fingerprint density at radius 1 is 1.06 bits per heavy atom. The van der Waals surface area contributed by atoms with E-state index in [-0.39, 0.29) is 4.90 Å². The van der Waals surface area contributed by atoms with Crippen molar-refractivity contribution in [1.29, 1.82) is 0 Å². The molecule has 32 heavy (non-hydrogen) atoms. The zero-order valence-corrected chi connectivity index (χ0v) is 18.4. The summed E-state index contributed by atoms with van der Waals surface area (Å²) in [7, 11) is -3.59. The first-order valence-electron chi connectivity index (χ1n) is 10.3. The monoisotopic (exact) mass is 453 g/mol. The quantitative estimate of drug-likeness (QED) is 0.575. The second-order valence-corrected chi connectivity index (χ2v) is 9.53. The first-order valence-corrected chi connectivity index (χ1v) is 11.7. The number of ether oxygens (including phenoxy) is 1. The first-order chi connectivity index (χ1) is 15.3. The van der Waals surface area contributed by atoms with E-state index >= 15 is 0 Å². The summed E-state index contributed by atoms with van der Waals surface area (Å²) in [6.07, 6.45) is 1.68. The zero-order chi connectivity index (χ0) is 22.7. The van der Waals surface area contributed by atoms with Gasteiger partial charge in [-0.3, -0.25) is 9.78 Å². The summed E-state index contributed by atoms with van der Waals surface area (Å²) in [6, 6.07) is 14.9. The van der Waals surface area contributed by atoms with Gasteiger partial charge in [0.15, 0.2) is 6.61 Å². The van der Waals surface area contributed by atoms with Gasteiger partial charge in [-0.15, -0.1) is 0 Å². The third-order valence-electron chi connectivity index (χ3n) is 5.22. The van der Waals surface area contributed by atoms with Crippen LogP contribution in [0.2, 0.25) is 0 Å². The second-order valence-electron chi connectivity index (χ2n) is 7.59. The number of nitrogens with one attached hydrogen (secondary N) is 1. The number of benzene rings is 2. The summed E-state index contributed by atoms with van der Waals surface area (Å²) < 4.78 is 32.1. The van der Waals surface area contributed by atoms with Crippen LogP contribution in [0.1, 0.15) is 28.9 Å². The van der Waals surface area contributed by atoms with Crippen LogP contribution in [-0.2, 0) is 19.6 Å². The molecule has 9 heteroatoms. The molecule has 166 valence electrons. The number of carbonyl (C=O) groups excluding carboxylic acids is 2. The van der Waals surface area contributed by atoms with Crippen LogP contribution in [0.4, 0.5) is 5.69 Å². The van der Waals surface area contributed by atoms with E-state index in [1.165, 1.54) is 16.4 Å². The van der Waals surface area contributed by atoms with E-state index in [2.05, 4.69) is 10.3 Å². The highest BCUT2D eigenvalue weighted by Gasteiger charge is 2.27. The van der Waals surface area contributed by atoms with E-state index in [9.17, 15) is 18.0 Å². The van der Waals surface area contributed by atoms with E-state index in [0.29, 0.717) is 40.9 Å². The van der Waals surface area contributed by atoms with Crippen LogP contribution >= 0.6 is 0 Å². The Morgan fingerprint density at radius 2 is 1.81 bits per heavy atom. The fourth-order valence-electron chi connectivity index (χ4n) is 3.69. The summed E-state index contributed by atoms with van der Waals surface area (Å²) in [5.41, 5.74) is 1.98.